The second-order valence-electron chi connectivity index (χ2n) is 12.2. The van der Waals surface area contributed by atoms with E-state index in [1.54, 1.807) is 54.8 Å². The molecular weight excluding hydrogens is 566 g/mol. The Balaban J connectivity index is 1.51. The van der Waals surface area contributed by atoms with Gasteiger partial charge in [-0.1, -0.05) is 24.3 Å². The van der Waals surface area contributed by atoms with Gasteiger partial charge in [0.2, 0.25) is 11.8 Å². The zero-order valence-corrected chi connectivity index (χ0v) is 25.6. The number of fused-ring (bicyclic) bond motifs is 3. The van der Waals surface area contributed by atoms with Crippen molar-refractivity contribution in [3.63, 3.8) is 0 Å². The predicted octanol–water partition coefficient (Wildman–Crippen LogP) is 3.03. The van der Waals surface area contributed by atoms with Gasteiger partial charge in [0.15, 0.2) is 11.6 Å². The van der Waals surface area contributed by atoms with Crippen LogP contribution < -0.4 is 4.74 Å². The van der Waals surface area contributed by atoms with Crippen LogP contribution in [0.2, 0.25) is 0 Å². The molecule has 44 heavy (non-hydrogen) atoms. The van der Waals surface area contributed by atoms with Crippen molar-refractivity contribution in [3.8, 4) is 5.75 Å². The van der Waals surface area contributed by atoms with Crippen molar-refractivity contribution in [2.75, 3.05) is 46.1 Å². The first-order valence-corrected chi connectivity index (χ1v) is 15.1. The van der Waals surface area contributed by atoms with E-state index in [4.69, 9.17) is 29.0 Å². The van der Waals surface area contributed by atoms with Gasteiger partial charge in [-0.25, -0.2) is 4.99 Å². The van der Waals surface area contributed by atoms with Crippen molar-refractivity contribution >= 4 is 23.7 Å². The molecule has 3 aliphatic rings. The number of ether oxygens (including phenoxy) is 4. The normalized spacial score (nSPS) is 21.5. The fourth-order valence-electron chi connectivity index (χ4n) is 5.70. The lowest BCUT2D eigenvalue weighted by atomic mass is 9.83. The van der Waals surface area contributed by atoms with Crippen LogP contribution in [0.1, 0.15) is 62.8 Å². The van der Waals surface area contributed by atoms with Crippen LogP contribution in [0, 0.1) is 0 Å². The third-order valence-electron chi connectivity index (χ3n) is 7.81. The summed E-state index contributed by atoms with van der Waals surface area (Å²) in [5.41, 5.74) is 0.0932. The number of carbonyl (C=O) groups is 3. The number of esters is 1. The molecule has 2 aromatic rings. The predicted molar refractivity (Wildman–Crippen MR) is 161 cm³/mol. The molecule has 0 spiro atoms. The average molecular weight is 608 g/mol. The highest BCUT2D eigenvalue weighted by atomic mass is 16.6. The number of aliphatic hydroxyl groups is 1. The smallest absolute Gasteiger partial charge is 0.306 e. The van der Waals surface area contributed by atoms with Crippen LogP contribution >= 0.6 is 0 Å². The molecular formula is C33H41N3O8. The molecule has 3 aliphatic heterocycles. The minimum absolute atomic E-state index is 0.0356. The highest BCUT2D eigenvalue weighted by Gasteiger charge is 2.57. The van der Waals surface area contributed by atoms with Gasteiger partial charge in [-0.2, -0.15) is 0 Å². The first kappa shape index (κ1) is 31.5. The summed E-state index contributed by atoms with van der Waals surface area (Å²) in [5, 5.41) is 9.04. The maximum Gasteiger partial charge on any atom is 0.306 e. The van der Waals surface area contributed by atoms with Crippen molar-refractivity contribution in [2.24, 2.45) is 4.99 Å². The Morgan fingerprint density at radius 3 is 2.52 bits per heavy atom. The van der Waals surface area contributed by atoms with E-state index in [1.165, 1.54) is 0 Å². The molecule has 0 aliphatic carbocycles. The second-order valence-corrected chi connectivity index (χ2v) is 12.2. The van der Waals surface area contributed by atoms with Gasteiger partial charge in [-0.3, -0.25) is 14.4 Å². The number of amides is 2. The van der Waals surface area contributed by atoms with Gasteiger partial charge in [0, 0.05) is 50.2 Å². The molecule has 0 radical (unpaired) electrons. The van der Waals surface area contributed by atoms with Crippen LogP contribution in [0.5, 0.6) is 5.75 Å². The fourth-order valence-corrected chi connectivity index (χ4v) is 5.70. The Hall–Kier alpha value is -3.96. The highest BCUT2D eigenvalue weighted by Crippen LogP contribution is 2.47. The van der Waals surface area contributed by atoms with E-state index in [0.29, 0.717) is 50.6 Å². The van der Waals surface area contributed by atoms with Gasteiger partial charge in [-0.15, -0.1) is 0 Å². The molecule has 0 saturated carbocycles. The topological polar surface area (TPSA) is 127 Å². The van der Waals surface area contributed by atoms with Crippen molar-refractivity contribution < 1.29 is 38.4 Å². The van der Waals surface area contributed by atoms with E-state index in [9.17, 15) is 14.4 Å². The van der Waals surface area contributed by atoms with Gasteiger partial charge in [0.05, 0.1) is 19.8 Å². The third-order valence-corrected chi connectivity index (χ3v) is 7.81. The van der Waals surface area contributed by atoms with E-state index < -0.39 is 23.2 Å². The van der Waals surface area contributed by atoms with E-state index in [2.05, 4.69) is 0 Å². The summed E-state index contributed by atoms with van der Waals surface area (Å²) < 4.78 is 23.2. The molecule has 3 heterocycles. The Morgan fingerprint density at radius 2 is 1.82 bits per heavy atom. The summed E-state index contributed by atoms with van der Waals surface area (Å²) in [7, 11) is 0. The van der Waals surface area contributed by atoms with Crippen molar-refractivity contribution in [1.29, 1.82) is 0 Å². The summed E-state index contributed by atoms with van der Waals surface area (Å²) in [6.45, 7) is 7.74. The van der Waals surface area contributed by atoms with E-state index in [-0.39, 0.29) is 50.3 Å². The van der Waals surface area contributed by atoms with Gasteiger partial charge in [0.25, 0.3) is 5.91 Å². The number of morpholine rings is 1. The van der Waals surface area contributed by atoms with E-state index in [1.807, 2.05) is 24.3 Å². The molecule has 0 bridgehead atoms. The molecule has 11 nitrogen and oxygen atoms in total. The van der Waals surface area contributed by atoms with Crippen LogP contribution in [0.15, 0.2) is 53.5 Å². The van der Waals surface area contributed by atoms with Crippen LogP contribution in [-0.4, -0.2) is 95.8 Å². The molecule has 0 unspecified atom stereocenters. The Bertz CT molecular complexity index is 1380. The largest absolute Gasteiger partial charge is 0.494 e. The number of rotatable bonds is 10. The Morgan fingerprint density at radius 1 is 1.09 bits per heavy atom. The zero-order valence-electron chi connectivity index (χ0n) is 25.6. The molecule has 236 valence electrons. The number of hydrogen-bond acceptors (Lipinski definition) is 9. The fraction of sp³-hybridized carbons (Fsp3) is 0.515. The average Bonchev–Trinajstić information content (AvgIpc) is 3.36. The lowest BCUT2D eigenvalue weighted by molar-refractivity contribution is -0.156. The van der Waals surface area contributed by atoms with Crippen molar-refractivity contribution in [1.82, 2.24) is 9.80 Å². The van der Waals surface area contributed by atoms with Crippen molar-refractivity contribution in [2.45, 2.75) is 63.8 Å². The van der Waals surface area contributed by atoms with Gasteiger partial charge in [-0.05, 0) is 57.0 Å². The molecule has 2 atom stereocenters. The maximum atomic E-state index is 14.7. The number of aliphatic hydroxyl groups excluding tert-OH is 1. The number of aliphatic imine (C=N–C) groups is 1. The molecule has 1 fully saturated rings. The third kappa shape index (κ3) is 7.05. The first-order valence-electron chi connectivity index (χ1n) is 15.1. The molecule has 0 aromatic heterocycles. The summed E-state index contributed by atoms with van der Waals surface area (Å²) in [6.07, 6.45) is -0.322. The quantitative estimate of drug-likeness (QED) is 0.323. The number of hydrogen-bond donors (Lipinski definition) is 1. The molecule has 11 heteroatoms. The number of benzene rings is 2. The van der Waals surface area contributed by atoms with E-state index >= 15 is 0 Å². The summed E-state index contributed by atoms with van der Waals surface area (Å²) in [4.78, 5) is 49.2. The maximum absolute atomic E-state index is 14.7. The SMILES string of the molecule is CC(C)(C)OC(=O)CC[C@@]12N=C(c3ccc(OCCCO)cc3)O[C@@H]1c1ccccc1CN(CC(=O)N1CCOCC1)C2=O. The molecule has 2 aromatic carbocycles. The van der Waals surface area contributed by atoms with Crippen LogP contribution in [0.25, 0.3) is 0 Å². The van der Waals surface area contributed by atoms with Gasteiger partial charge in [0.1, 0.15) is 17.9 Å². The number of nitrogens with zero attached hydrogens (tertiary/aromatic N) is 3. The molecule has 1 saturated heterocycles. The molecule has 5 rings (SSSR count). The highest BCUT2D eigenvalue weighted by molar-refractivity contribution is 6.02. The standard InChI is InChI=1S/C33H41N3O8/c1-32(2,3)44-28(39)13-14-33-29(43-30(34-33)23-9-11-25(12-10-23)42-18-6-17-37)26-8-5-4-7-24(26)21-36(31(33)40)22-27(38)35-15-19-41-20-16-35/h4-5,7-12,29,37H,6,13-22H2,1-3H3/t29-,33-/m1/s1. The first-order chi connectivity index (χ1) is 21.1. The Labute approximate surface area is 257 Å². The molecule has 2 amide bonds. The lowest BCUT2D eigenvalue weighted by Gasteiger charge is -2.34. The zero-order chi connectivity index (χ0) is 31.3. The summed E-state index contributed by atoms with van der Waals surface area (Å²) in [5.74, 6) is -0.0861. The van der Waals surface area contributed by atoms with E-state index in [0.717, 1.165) is 11.1 Å². The summed E-state index contributed by atoms with van der Waals surface area (Å²) >= 11 is 0. The monoisotopic (exact) mass is 607 g/mol. The van der Waals surface area contributed by atoms with Gasteiger partial charge >= 0.3 is 5.97 Å². The van der Waals surface area contributed by atoms with Crippen LogP contribution in [0.3, 0.4) is 0 Å². The molecule has 1 N–H and O–H groups in total. The van der Waals surface area contributed by atoms with Crippen LogP contribution in [0.4, 0.5) is 0 Å². The number of carbonyl (C=O) groups excluding carboxylic acids is 3. The minimum atomic E-state index is -1.50. The van der Waals surface area contributed by atoms with Crippen LogP contribution in [-0.2, 0) is 35.1 Å². The second kappa shape index (κ2) is 13.4. The van der Waals surface area contributed by atoms with Gasteiger partial charge < -0.3 is 33.9 Å². The summed E-state index contributed by atoms with van der Waals surface area (Å²) in [6, 6.07) is 14.8. The van der Waals surface area contributed by atoms with Crippen molar-refractivity contribution in [3.05, 3.63) is 65.2 Å². The Kier molecular flexibility index (Phi) is 9.55. The minimum Gasteiger partial charge on any atom is -0.494 e. The lowest BCUT2D eigenvalue weighted by Crippen LogP contribution is -2.52.